The highest BCUT2D eigenvalue weighted by atomic mass is 35.5. The SMILES string of the molecule is CNS(=O)(=O)CC1CCCN1C(=O)Cc1c(F)cccc1Cl. The third-order valence-corrected chi connectivity index (χ3v) is 5.61. The number of sulfonamides is 1. The van der Waals surface area contributed by atoms with Gasteiger partial charge in [-0.05, 0) is 32.0 Å². The fourth-order valence-corrected chi connectivity index (χ4v) is 3.88. The number of amides is 1. The predicted molar refractivity (Wildman–Crippen MR) is 82.7 cm³/mol. The molecule has 1 saturated heterocycles. The summed E-state index contributed by atoms with van der Waals surface area (Å²) in [6.45, 7) is 0.481. The summed E-state index contributed by atoms with van der Waals surface area (Å²) in [6.07, 6.45) is 1.19. The summed E-state index contributed by atoms with van der Waals surface area (Å²) in [5, 5.41) is 0.201. The van der Waals surface area contributed by atoms with Crippen molar-refractivity contribution in [1.29, 1.82) is 0 Å². The molecule has 5 nitrogen and oxygen atoms in total. The van der Waals surface area contributed by atoms with Crippen molar-refractivity contribution >= 4 is 27.5 Å². The quantitative estimate of drug-likeness (QED) is 0.878. The standard InChI is InChI=1S/C14H18ClFN2O3S/c1-17-22(20,21)9-10-4-3-7-18(10)14(19)8-11-12(15)5-2-6-13(11)16/h2,5-6,10,17H,3-4,7-9H2,1H3. The lowest BCUT2D eigenvalue weighted by Crippen LogP contribution is -2.42. The third-order valence-electron chi connectivity index (χ3n) is 3.81. The average Bonchev–Trinajstić information content (AvgIpc) is 2.90. The van der Waals surface area contributed by atoms with E-state index in [2.05, 4.69) is 4.72 Å². The van der Waals surface area contributed by atoms with Crippen LogP contribution in [-0.2, 0) is 21.2 Å². The molecule has 1 aliphatic rings. The number of nitrogens with one attached hydrogen (secondary N) is 1. The van der Waals surface area contributed by atoms with Crippen molar-refractivity contribution < 1.29 is 17.6 Å². The van der Waals surface area contributed by atoms with Crippen molar-refractivity contribution in [2.75, 3.05) is 19.3 Å². The lowest BCUT2D eigenvalue weighted by atomic mass is 10.1. The van der Waals surface area contributed by atoms with E-state index in [0.717, 1.165) is 6.42 Å². The molecule has 1 unspecified atom stereocenters. The minimum absolute atomic E-state index is 0.139. The summed E-state index contributed by atoms with van der Waals surface area (Å²) in [4.78, 5) is 13.9. The molecule has 0 spiro atoms. The summed E-state index contributed by atoms with van der Waals surface area (Å²) in [5.74, 6) is -0.972. The van der Waals surface area contributed by atoms with Gasteiger partial charge in [0.1, 0.15) is 5.82 Å². The minimum atomic E-state index is -3.40. The van der Waals surface area contributed by atoms with Crippen LogP contribution in [0, 0.1) is 5.82 Å². The first-order chi connectivity index (χ1) is 10.3. The van der Waals surface area contributed by atoms with Gasteiger partial charge in [-0.2, -0.15) is 0 Å². The molecule has 1 aliphatic heterocycles. The topological polar surface area (TPSA) is 66.5 Å². The molecule has 1 aromatic carbocycles. The van der Waals surface area contributed by atoms with Crippen LogP contribution in [-0.4, -0.2) is 44.6 Å². The zero-order valence-corrected chi connectivity index (χ0v) is 13.8. The number of likely N-dealkylation sites (tertiary alicyclic amines) is 1. The lowest BCUT2D eigenvalue weighted by molar-refractivity contribution is -0.130. The Morgan fingerprint density at radius 2 is 2.23 bits per heavy atom. The van der Waals surface area contributed by atoms with Gasteiger partial charge in [-0.15, -0.1) is 0 Å². The maximum absolute atomic E-state index is 13.8. The van der Waals surface area contributed by atoms with Crippen molar-refractivity contribution in [3.63, 3.8) is 0 Å². The Morgan fingerprint density at radius 1 is 1.50 bits per heavy atom. The number of benzene rings is 1. The maximum Gasteiger partial charge on any atom is 0.227 e. The van der Waals surface area contributed by atoms with Crippen molar-refractivity contribution in [3.8, 4) is 0 Å². The molecule has 1 atom stereocenters. The van der Waals surface area contributed by atoms with Crippen LogP contribution in [0.2, 0.25) is 5.02 Å². The highest BCUT2D eigenvalue weighted by molar-refractivity contribution is 7.89. The summed E-state index contributed by atoms with van der Waals surface area (Å²) >= 11 is 5.93. The summed E-state index contributed by atoms with van der Waals surface area (Å²) in [5.41, 5.74) is 0.149. The first-order valence-corrected chi connectivity index (χ1v) is 9.00. The van der Waals surface area contributed by atoms with Gasteiger partial charge in [0.15, 0.2) is 0 Å². The van der Waals surface area contributed by atoms with Crippen LogP contribution in [0.25, 0.3) is 0 Å². The molecule has 0 saturated carbocycles. The minimum Gasteiger partial charge on any atom is -0.338 e. The molecule has 122 valence electrons. The molecule has 0 radical (unpaired) electrons. The van der Waals surface area contributed by atoms with Crippen LogP contribution in [0.5, 0.6) is 0 Å². The number of halogens is 2. The van der Waals surface area contributed by atoms with Crippen LogP contribution >= 0.6 is 11.6 Å². The molecule has 0 aromatic heterocycles. The van der Waals surface area contributed by atoms with Crippen LogP contribution in [0.4, 0.5) is 4.39 Å². The van der Waals surface area contributed by atoms with Crippen molar-refractivity contribution in [3.05, 3.63) is 34.6 Å². The smallest absolute Gasteiger partial charge is 0.227 e. The highest BCUT2D eigenvalue weighted by Crippen LogP contribution is 2.23. The Labute approximate surface area is 134 Å². The molecule has 1 N–H and O–H groups in total. The van der Waals surface area contributed by atoms with Gasteiger partial charge in [-0.25, -0.2) is 17.5 Å². The molecule has 1 aromatic rings. The van der Waals surface area contributed by atoms with E-state index in [1.165, 1.54) is 30.1 Å². The Kier molecular flexibility index (Phi) is 5.41. The number of nitrogens with zero attached hydrogens (tertiary/aromatic N) is 1. The second-order valence-corrected chi connectivity index (χ2v) is 7.62. The van der Waals surface area contributed by atoms with Crippen LogP contribution < -0.4 is 4.72 Å². The van der Waals surface area contributed by atoms with Gasteiger partial charge in [-0.1, -0.05) is 17.7 Å². The molecular weight excluding hydrogens is 331 g/mol. The van der Waals surface area contributed by atoms with Crippen molar-refractivity contribution in [2.24, 2.45) is 0 Å². The van der Waals surface area contributed by atoms with Crippen LogP contribution in [0.15, 0.2) is 18.2 Å². The van der Waals surface area contributed by atoms with E-state index in [-0.39, 0.29) is 34.7 Å². The van der Waals surface area contributed by atoms with Gasteiger partial charge in [-0.3, -0.25) is 4.79 Å². The molecule has 22 heavy (non-hydrogen) atoms. The van der Waals surface area contributed by atoms with Crippen LogP contribution in [0.3, 0.4) is 0 Å². The molecule has 1 heterocycles. The summed E-state index contributed by atoms with van der Waals surface area (Å²) in [7, 11) is -2.06. The number of carbonyl (C=O) groups excluding carboxylic acids is 1. The monoisotopic (exact) mass is 348 g/mol. The summed E-state index contributed by atoms with van der Waals surface area (Å²) < 4.78 is 39.3. The Morgan fingerprint density at radius 3 is 2.86 bits per heavy atom. The Hall–Kier alpha value is -1.18. The first kappa shape index (κ1) is 17.2. The van der Waals surface area contributed by atoms with E-state index < -0.39 is 15.8 Å². The Bertz CT molecular complexity index is 646. The van der Waals surface area contributed by atoms with Crippen molar-refractivity contribution in [1.82, 2.24) is 9.62 Å². The van der Waals surface area contributed by atoms with E-state index in [4.69, 9.17) is 11.6 Å². The van der Waals surface area contributed by atoms with E-state index in [1.54, 1.807) is 0 Å². The molecule has 8 heteroatoms. The van der Waals surface area contributed by atoms with E-state index in [9.17, 15) is 17.6 Å². The van der Waals surface area contributed by atoms with Gasteiger partial charge in [0.05, 0.1) is 12.2 Å². The number of hydrogen-bond acceptors (Lipinski definition) is 3. The molecule has 1 amide bonds. The maximum atomic E-state index is 13.8. The normalized spacial score (nSPS) is 18.7. The van der Waals surface area contributed by atoms with Gasteiger partial charge in [0.25, 0.3) is 0 Å². The van der Waals surface area contributed by atoms with E-state index in [1.807, 2.05) is 0 Å². The first-order valence-electron chi connectivity index (χ1n) is 6.97. The highest BCUT2D eigenvalue weighted by Gasteiger charge is 2.32. The zero-order chi connectivity index (χ0) is 16.3. The van der Waals surface area contributed by atoms with Gasteiger partial charge < -0.3 is 4.90 Å². The fourth-order valence-electron chi connectivity index (χ4n) is 2.63. The predicted octanol–water partition coefficient (Wildman–Crippen LogP) is 1.56. The van der Waals surface area contributed by atoms with Crippen molar-refractivity contribution in [2.45, 2.75) is 25.3 Å². The summed E-state index contributed by atoms with van der Waals surface area (Å²) in [6, 6.07) is 3.88. The second kappa shape index (κ2) is 6.93. The molecule has 0 aliphatic carbocycles. The Balaban J connectivity index is 2.12. The van der Waals surface area contributed by atoms with E-state index >= 15 is 0 Å². The largest absolute Gasteiger partial charge is 0.338 e. The number of carbonyl (C=O) groups is 1. The third kappa shape index (κ3) is 3.97. The van der Waals surface area contributed by atoms with Crippen LogP contribution in [0.1, 0.15) is 18.4 Å². The molecule has 2 rings (SSSR count). The zero-order valence-electron chi connectivity index (χ0n) is 12.2. The number of rotatable bonds is 5. The van der Waals surface area contributed by atoms with Gasteiger partial charge >= 0.3 is 0 Å². The second-order valence-electron chi connectivity index (χ2n) is 5.25. The molecular formula is C14H18ClFN2O3S. The molecule has 1 fully saturated rings. The van der Waals surface area contributed by atoms with Gasteiger partial charge in [0.2, 0.25) is 15.9 Å². The van der Waals surface area contributed by atoms with Gasteiger partial charge in [0, 0.05) is 23.2 Å². The van der Waals surface area contributed by atoms with E-state index in [0.29, 0.717) is 13.0 Å². The number of hydrogen-bond donors (Lipinski definition) is 1. The molecule has 0 bridgehead atoms. The average molecular weight is 349 g/mol. The fraction of sp³-hybridized carbons (Fsp3) is 0.500. The lowest BCUT2D eigenvalue weighted by Gasteiger charge is -2.24.